The fourth-order valence-electron chi connectivity index (χ4n) is 5.38. The highest BCUT2D eigenvalue weighted by Gasteiger charge is 2.35. The Morgan fingerprint density at radius 2 is 1.77 bits per heavy atom. The van der Waals surface area contributed by atoms with Crippen molar-refractivity contribution >= 4 is 45.7 Å². The van der Waals surface area contributed by atoms with E-state index in [9.17, 15) is 4.79 Å². The second-order valence-corrected chi connectivity index (χ2v) is 9.47. The third-order valence-corrected chi connectivity index (χ3v) is 7.48. The standard InChI is InChI=1S/C25H27Cl2N3O/c1-17(31)30-22-8-4-3-7-19(22)25-23(30)11-14-29(18-9-10-20(26)21(27)15-18)24(25)16-28-12-5-2-6-13-28/h3-4,7-10,15,24H,2,5-6,11-14,16H2,1H3. The average Bonchev–Trinajstić information content (AvgIpc) is 3.12. The number of likely N-dealkylation sites (tertiary alicyclic amines) is 1. The lowest BCUT2D eigenvalue weighted by Crippen LogP contribution is -2.44. The van der Waals surface area contributed by atoms with E-state index in [0.29, 0.717) is 10.0 Å². The Hall–Kier alpha value is -2.01. The number of para-hydroxylation sites is 1. The molecule has 0 radical (unpaired) electrons. The molecule has 6 heteroatoms. The van der Waals surface area contributed by atoms with Crippen LogP contribution in [0.15, 0.2) is 42.5 Å². The highest BCUT2D eigenvalue weighted by atomic mass is 35.5. The molecule has 0 bridgehead atoms. The highest BCUT2D eigenvalue weighted by molar-refractivity contribution is 6.42. The molecule has 5 rings (SSSR count). The van der Waals surface area contributed by atoms with Crippen LogP contribution in [0.1, 0.15) is 48.3 Å². The van der Waals surface area contributed by atoms with E-state index >= 15 is 0 Å². The van der Waals surface area contributed by atoms with Crippen LogP contribution in [0.4, 0.5) is 5.69 Å². The summed E-state index contributed by atoms with van der Waals surface area (Å²) in [4.78, 5) is 17.7. The number of benzene rings is 2. The summed E-state index contributed by atoms with van der Waals surface area (Å²) >= 11 is 12.6. The number of fused-ring (bicyclic) bond motifs is 3. The lowest BCUT2D eigenvalue weighted by Gasteiger charge is -2.41. The van der Waals surface area contributed by atoms with Crippen molar-refractivity contribution in [2.45, 2.75) is 38.6 Å². The summed E-state index contributed by atoms with van der Waals surface area (Å²) < 4.78 is 1.93. The number of carbonyl (C=O) groups excluding carboxylic acids is 1. The van der Waals surface area contributed by atoms with Crippen LogP contribution < -0.4 is 4.90 Å². The first-order valence-corrected chi connectivity index (χ1v) is 11.9. The smallest absolute Gasteiger partial charge is 0.228 e. The minimum atomic E-state index is 0.0807. The highest BCUT2D eigenvalue weighted by Crippen LogP contribution is 2.41. The van der Waals surface area contributed by atoms with Gasteiger partial charge in [0.2, 0.25) is 5.91 Å². The average molecular weight is 456 g/mol. The van der Waals surface area contributed by atoms with E-state index in [0.717, 1.165) is 49.5 Å². The fraction of sp³-hybridized carbons (Fsp3) is 0.400. The van der Waals surface area contributed by atoms with E-state index in [1.165, 1.54) is 30.2 Å². The molecular formula is C25H27Cl2N3O. The first-order chi connectivity index (χ1) is 15.0. The van der Waals surface area contributed by atoms with Crippen molar-refractivity contribution in [3.63, 3.8) is 0 Å². The minimum absolute atomic E-state index is 0.0807. The van der Waals surface area contributed by atoms with Crippen molar-refractivity contribution in [3.05, 3.63) is 63.8 Å². The van der Waals surface area contributed by atoms with Gasteiger partial charge in [0.15, 0.2) is 0 Å². The SMILES string of the molecule is CC(=O)n1c2c(c3ccccc31)C(CN1CCCCC1)N(c1ccc(Cl)c(Cl)c1)CC2. The molecule has 3 heterocycles. The minimum Gasteiger partial charge on any atom is -0.363 e. The number of aromatic nitrogens is 1. The number of anilines is 1. The monoisotopic (exact) mass is 455 g/mol. The molecule has 31 heavy (non-hydrogen) atoms. The van der Waals surface area contributed by atoms with E-state index < -0.39 is 0 Å². The maximum absolute atomic E-state index is 12.6. The topological polar surface area (TPSA) is 28.5 Å². The summed E-state index contributed by atoms with van der Waals surface area (Å²) in [5.74, 6) is 0.0807. The quantitative estimate of drug-likeness (QED) is 0.470. The number of nitrogens with zero attached hydrogens (tertiary/aromatic N) is 3. The van der Waals surface area contributed by atoms with Crippen molar-refractivity contribution in [2.24, 2.45) is 0 Å². The molecule has 1 fully saturated rings. The summed E-state index contributed by atoms with van der Waals surface area (Å²) in [6.45, 7) is 5.71. The predicted octanol–water partition coefficient (Wildman–Crippen LogP) is 6.20. The molecule has 0 saturated carbocycles. The van der Waals surface area contributed by atoms with Crippen molar-refractivity contribution in [1.29, 1.82) is 0 Å². The summed E-state index contributed by atoms with van der Waals surface area (Å²) in [5.41, 5.74) is 4.54. The van der Waals surface area contributed by atoms with E-state index in [2.05, 4.69) is 34.1 Å². The maximum Gasteiger partial charge on any atom is 0.228 e. The van der Waals surface area contributed by atoms with Crippen LogP contribution >= 0.6 is 23.2 Å². The third-order valence-electron chi connectivity index (χ3n) is 6.74. The zero-order valence-corrected chi connectivity index (χ0v) is 19.3. The van der Waals surface area contributed by atoms with E-state index in [1.54, 1.807) is 6.92 Å². The lowest BCUT2D eigenvalue weighted by molar-refractivity contribution is 0.0938. The van der Waals surface area contributed by atoms with Gasteiger partial charge in [-0.25, -0.2) is 0 Å². The zero-order chi connectivity index (χ0) is 21.5. The third kappa shape index (κ3) is 3.75. The van der Waals surface area contributed by atoms with Gasteiger partial charge in [0.1, 0.15) is 0 Å². The molecule has 2 aliphatic heterocycles. The van der Waals surface area contributed by atoms with Gasteiger partial charge in [-0.05, 0) is 50.2 Å². The summed E-state index contributed by atoms with van der Waals surface area (Å²) in [6.07, 6.45) is 4.63. The van der Waals surface area contributed by atoms with Gasteiger partial charge < -0.3 is 9.80 Å². The molecular weight excluding hydrogens is 429 g/mol. The Morgan fingerprint density at radius 3 is 2.52 bits per heavy atom. The van der Waals surface area contributed by atoms with Crippen molar-refractivity contribution in [3.8, 4) is 0 Å². The van der Waals surface area contributed by atoms with Gasteiger partial charge in [0.05, 0.1) is 21.6 Å². The molecule has 4 nitrogen and oxygen atoms in total. The van der Waals surface area contributed by atoms with Crippen LogP contribution in [0.5, 0.6) is 0 Å². The molecule has 1 saturated heterocycles. The first-order valence-electron chi connectivity index (χ1n) is 11.1. The molecule has 1 atom stereocenters. The molecule has 0 spiro atoms. The van der Waals surface area contributed by atoms with Crippen LogP contribution in [0.25, 0.3) is 10.9 Å². The number of carbonyl (C=O) groups is 1. The molecule has 0 aliphatic carbocycles. The fourth-order valence-corrected chi connectivity index (χ4v) is 5.68. The molecule has 162 valence electrons. The Labute approximate surface area is 193 Å². The molecule has 0 amide bonds. The molecule has 1 aromatic heterocycles. The normalized spacial score (nSPS) is 19.6. The zero-order valence-electron chi connectivity index (χ0n) is 17.8. The Bertz CT molecular complexity index is 1130. The lowest BCUT2D eigenvalue weighted by atomic mass is 9.93. The number of halogens is 2. The summed E-state index contributed by atoms with van der Waals surface area (Å²) in [6, 6.07) is 14.4. The van der Waals surface area contributed by atoms with Gasteiger partial charge >= 0.3 is 0 Å². The number of hydrogen-bond donors (Lipinski definition) is 0. The number of hydrogen-bond acceptors (Lipinski definition) is 3. The van der Waals surface area contributed by atoms with Crippen molar-refractivity contribution < 1.29 is 4.79 Å². The van der Waals surface area contributed by atoms with Crippen LogP contribution in [-0.4, -0.2) is 41.6 Å². The molecule has 0 N–H and O–H groups in total. The first kappa shape index (κ1) is 20.9. The van der Waals surface area contributed by atoms with Gasteiger partial charge in [-0.3, -0.25) is 9.36 Å². The number of piperidine rings is 1. The van der Waals surface area contributed by atoms with Gasteiger partial charge in [-0.1, -0.05) is 47.8 Å². The van der Waals surface area contributed by atoms with Gasteiger partial charge in [-0.2, -0.15) is 0 Å². The van der Waals surface area contributed by atoms with Crippen LogP contribution in [0.2, 0.25) is 10.0 Å². The van der Waals surface area contributed by atoms with E-state index in [4.69, 9.17) is 23.2 Å². The van der Waals surface area contributed by atoms with Crippen LogP contribution in [0.3, 0.4) is 0 Å². The molecule has 3 aromatic rings. The predicted molar refractivity (Wildman–Crippen MR) is 129 cm³/mol. The Morgan fingerprint density at radius 1 is 1.00 bits per heavy atom. The summed E-state index contributed by atoms with van der Waals surface area (Å²) in [7, 11) is 0. The Kier molecular flexibility index (Phi) is 5.72. The van der Waals surface area contributed by atoms with Crippen LogP contribution in [0, 0.1) is 0 Å². The number of rotatable bonds is 3. The molecule has 1 unspecified atom stereocenters. The van der Waals surface area contributed by atoms with Gasteiger partial charge in [-0.15, -0.1) is 0 Å². The Balaban J connectivity index is 1.66. The van der Waals surface area contributed by atoms with E-state index in [-0.39, 0.29) is 11.9 Å². The van der Waals surface area contributed by atoms with Crippen molar-refractivity contribution in [2.75, 3.05) is 31.1 Å². The molecule has 2 aliphatic rings. The van der Waals surface area contributed by atoms with E-state index in [1.807, 2.05) is 22.8 Å². The van der Waals surface area contributed by atoms with Gasteiger partial charge in [0, 0.05) is 48.8 Å². The second kappa shape index (κ2) is 8.50. The molecule has 2 aromatic carbocycles. The second-order valence-electron chi connectivity index (χ2n) is 8.65. The summed E-state index contributed by atoms with van der Waals surface area (Å²) in [5, 5.41) is 2.33. The van der Waals surface area contributed by atoms with Gasteiger partial charge in [0.25, 0.3) is 0 Å². The van der Waals surface area contributed by atoms with Crippen LogP contribution in [-0.2, 0) is 6.42 Å². The van der Waals surface area contributed by atoms with Crippen molar-refractivity contribution in [1.82, 2.24) is 9.47 Å². The largest absolute Gasteiger partial charge is 0.363 e. The maximum atomic E-state index is 12.6.